The number of aromatic nitrogens is 4. The lowest BCUT2D eigenvalue weighted by molar-refractivity contribution is 0.973. The van der Waals surface area contributed by atoms with Crippen molar-refractivity contribution < 1.29 is 0 Å². The number of para-hydroxylation sites is 2. The first-order valence-corrected chi connectivity index (χ1v) is 15.1. The lowest BCUT2D eigenvalue weighted by Gasteiger charge is -2.19. The molecule has 0 aliphatic heterocycles. The van der Waals surface area contributed by atoms with E-state index in [1.165, 1.54) is 0 Å². The molecular formula is C32H22Cl4N4S. The Balaban J connectivity index is 1.43. The monoisotopic (exact) mass is 634 g/mol. The fourth-order valence-corrected chi connectivity index (χ4v) is 6.65. The summed E-state index contributed by atoms with van der Waals surface area (Å²) in [6.45, 7) is 0. The Morgan fingerprint density at radius 3 is 1.41 bits per heavy atom. The van der Waals surface area contributed by atoms with Gasteiger partial charge in [0.15, 0.2) is 0 Å². The summed E-state index contributed by atoms with van der Waals surface area (Å²) in [6.07, 6.45) is 12.5. The van der Waals surface area contributed by atoms with Crippen molar-refractivity contribution >= 4 is 58.2 Å². The Bertz CT molecular complexity index is 1690. The molecule has 6 aromatic rings. The molecule has 2 aromatic heterocycles. The van der Waals surface area contributed by atoms with Gasteiger partial charge in [-0.05, 0) is 71.5 Å². The molecule has 0 atom stereocenters. The lowest BCUT2D eigenvalue weighted by Crippen LogP contribution is -2.03. The minimum absolute atomic E-state index is 0.544. The van der Waals surface area contributed by atoms with E-state index in [9.17, 15) is 0 Å². The van der Waals surface area contributed by atoms with Crippen molar-refractivity contribution in [2.24, 2.45) is 0 Å². The molecule has 0 bridgehead atoms. The second-order valence-corrected chi connectivity index (χ2v) is 12.1. The molecular weight excluding hydrogens is 614 g/mol. The van der Waals surface area contributed by atoms with Crippen LogP contribution >= 0.6 is 58.2 Å². The molecule has 0 amide bonds. The van der Waals surface area contributed by atoms with Gasteiger partial charge in [0, 0.05) is 34.6 Å². The van der Waals surface area contributed by atoms with E-state index in [1.54, 1.807) is 24.2 Å². The van der Waals surface area contributed by atoms with E-state index in [1.807, 2.05) is 61.4 Å². The van der Waals surface area contributed by atoms with E-state index >= 15 is 0 Å². The molecule has 0 aliphatic rings. The molecule has 6 rings (SSSR count). The maximum atomic E-state index is 6.34. The first-order valence-electron chi connectivity index (χ1n) is 12.7. The van der Waals surface area contributed by atoms with Crippen molar-refractivity contribution in [1.82, 2.24) is 19.1 Å². The van der Waals surface area contributed by atoms with Gasteiger partial charge in [0.05, 0.1) is 44.1 Å². The van der Waals surface area contributed by atoms with Crippen LogP contribution in [-0.2, 0) is 12.8 Å². The average molecular weight is 636 g/mol. The van der Waals surface area contributed by atoms with Crippen LogP contribution in [0.25, 0.3) is 11.4 Å². The van der Waals surface area contributed by atoms with Crippen molar-refractivity contribution in [2.75, 3.05) is 0 Å². The average Bonchev–Trinajstić information content (AvgIpc) is 3.69. The predicted molar refractivity (Wildman–Crippen MR) is 170 cm³/mol. The van der Waals surface area contributed by atoms with Crippen LogP contribution in [-0.4, -0.2) is 19.1 Å². The lowest BCUT2D eigenvalue weighted by atomic mass is 10.0. The Morgan fingerprint density at radius 2 is 1.02 bits per heavy atom. The predicted octanol–water partition coefficient (Wildman–Crippen LogP) is 10.0. The number of rotatable bonds is 8. The van der Waals surface area contributed by atoms with E-state index in [2.05, 4.69) is 55.5 Å². The number of benzene rings is 4. The maximum absolute atomic E-state index is 6.34. The summed E-state index contributed by atoms with van der Waals surface area (Å²) >= 11 is 26.7. The smallest absolute Gasteiger partial charge is 0.0992 e. The van der Waals surface area contributed by atoms with Gasteiger partial charge in [-0.3, -0.25) is 0 Å². The summed E-state index contributed by atoms with van der Waals surface area (Å²) < 4.78 is 4.12. The van der Waals surface area contributed by atoms with Gasteiger partial charge in [0.1, 0.15) is 0 Å². The largest absolute Gasteiger partial charge is 0.305 e. The number of imidazole rings is 2. The number of halogens is 4. The summed E-state index contributed by atoms with van der Waals surface area (Å²) in [5, 5.41) is 2.18. The summed E-state index contributed by atoms with van der Waals surface area (Å²) in [6, 6.07) is 24.3. The standard InChI is InChI=1S/C32H22Cl4N4S/c33-25-9-7-21(17-27(25)35)15-23-3-1-5-29(31(23)39-13-11-37-19-39)41-30-6-2-4-24(32(30)40-14-12-38-20-40)16-22-8-10-26(34)28(36)18-22/h1-14,17-20H,15-16H2. The van der Waals surface area contributed by atoms with Gasteiger partial charge in [0.2, 0.25) is 0 Å². The van der Waals surface area contributed by atoms with Crippen molar-refractivity contribution in [2.45, 2.75) is 22.6 Å². The van der Waals surface area contributed by atoms with Gasteiger partial charge in [-0.25, -0.2) is 9.97 Å². The zero-order chi connectivity index (χ0) is 28.3. The third kappa shape index (κ3) is 6.20. The van der Waals surface area contributed by atoms with Crippen LogP contribution in [0.3, 0.4) is 0 Å². The molecule has 0 saturated heterocycles. The zero-order valence-electron chi connectivity index (χ0n) is 21.5. The first kappa shape index (κ1) is 28.0. The molecule has 4 nitrogen and oxygen atoms in total. The minimum Gasteiger partial charge on any atom is -0.305 e. The number of nitrogens with zero attached hydrogens (tertiary/aromatic N) is 4. The van der Waals surface area contributed by atoms with Crippen molar-refractivity contribution in [3.05, 3.63) is 153 Å². The summed E-state index contributed by atoms with van der Waals surface area (Å²) in [7, 11) is 0. The molecule has 9 heteroatoms. The van der Waals surface area contributed by atoms with Gasteiger partial charge in [-0.15, -0.1) is 0 Å². The zero-order valence-corrected chi connectivity index (χ0v) is 25.4. The number of hydrogen-bond donors (Lipinski definition) is 0. The van der Waals surface area contributed by atoms with Gasteiger partial charge < -0.3 is 9.13 Å². The van der Waals surface area contributed by atoms with E-state index in [-0.39, 0.29) is 0 Å². The Kier molecular flexibility index (Phi) is 8.42. The molecule has 2 heterocycles. The van der Waals surface area contributed by atoms with Crippen LogP contribution in [0.15, 0.2) is 120 Å². The molecule has 0 spiro atoms. The molecule has 204 valence electrons. The fraction of sp³-hybridized carbons (Fsp3) is 0.0625. The Hall–Kier alpha value is -3.19. The van der Waals surface area contributed by atoms with E-state index in [0.29, 0.717) is 32.9 Å². The van der Waals surface area contributed by atoms with Crippen LogP contribution in [0.4, 0.5) is 0 Å². The summed E-state index contributed by atoms with van der Waals surface area (Å²) in [5.41, 5.74) is 6.56. The number of hydrogen-bond acceptors (Lipinski definition) is 3. The quantitative estimate of drug-likeness (QED) is 0.167. The Labute approximate surface area is 262 Å². The third-order valence-corrected chi connectivity index (χ3v) is 9.24. The molecule has 41 heavy (non-hydrogen) atoms. The van der Waals surface area contributed by atoms with Gasteiger partial charge in [-0.1, -0.05) is 94.6 Å². The van der Waals surface area contributed by atoms with Crippen LogP contribution in [0.1, 0.15) is 22.3 Å². The highest BCUT2D eigenvalue weighted by molar-refractivity contribution is 7.99. The second-order valence-electron chi connectivity index (χ2n) is 9.42. The van der Waals surface area contributed by atoms with E-state index < -0.39 is 0 Å². The minimum atomic E-state index is 0.544. The highest BCUT2D eigenvalue weighted by atomic mass is 35.5. The van der Waals surface area contributed by atoms with Crippen molar-refractivity contribution in [3.8, 4) is 11.4 Å². The topological polar surface area (TPSA) is 35.6 Å². The van der Waals surface area contributed by atoms with E-state index in [0.717, 1.165) is 43.4 Å². The molecule has 0 N–H and O–H groups in total. The van der Waals surface area contributed by atoms with Gasteiger partial charge in [0.25, 0.3) is 0 Å². The molecule has 0 radical (unpaired) electrons. The van der Waals surface area contributed by atoms with Crippen LogP contribution in [0.5, 0.6) is 0 Å². The van der Waals surface area contributed by atoms with Crippen LogP contribution in [0, 0.1) is 0 Å². The molecule has 0 aliphatic carbocycles. The maximum Gasteiger partial charge on any atom is 0.0992 e. The normalized spacial score (nSPS) is 11.2. The van der Waals surface area contributed by atoms with Crippen LogP contribution in [0.2, 0.25) is 20.1 Å². The fourth-order valence-electron chi connectivity index (χ4n) is 4.81. The van der Waals surface area contributed by atoms with E-state index in [4.69, 9.17) is 46.4 Å². The third-order valence-electron chi connectivity index (χ3n) is 6.67. The molecule has 0 saturated carbocycles. The summed E-state index contributed by atoms with van der Waals surface area (Å²) in [4.78, 5) is 10.9. The van der Waals surface area contributed by atoms with Crippen molar-refractivity contribution in [3.63, 3.8) is 0 Å². The molecule has 0 fully saturated rings. The SMILES string of the molecule is Clc1ccc(Cc2cccc(Sc3cccc(Cc4ccc(Cl)c(Cl)c4)c3-n3ccnc3)c2-n2ccnc2)cc1Cl. The molecule has 0 unspecified atom stereocenters. The Morgan fingerprint density at radius 1 is 0.561 bits per heavy atom. The van der Waals surface area contributed by atoms with Crippen molar-refractivity contribution in [1.29, 1.82) is 0 Å². The highest BCUT2D eigenvalue weighted by Crippen LogP contribution is 2.40. The van der Waals surface area contributed by atoms with Crippen LogP contribution < -0.4 is 0 Å². The van der Waals surface area contributed by atoms with Gasteiger partial charge >= 0.3 is 0 Å². The molecule has 4 aromatic carbocycles. The highest BCUT2D eigenvalue weighted by Gasteiger charge is 2.17. The first-order chi connectivity index (χ1) is 20.0. The van der Waals surface area contributed by atoms with Gasteiger partial charge in [-0.2, -0.15) is 0 Å². The summed E-state index contributed by atoms with van der Waals surface area (Å²) in [5.74, 6) is 0. The second kappa shape index (κ2) is 12.4.